The van der Waals surface area contributed by atoms with Crippen molar-refractivity contribution in [2.24, 2.45) is 0 Å². The maximum Gasteiger partial charge on any atom is 0.272 e. The molecule has 0 saturated carbocycles. The maximum absolute atomic E-state index is 13.0. The normalized spacial score (nSPS) is 11.5. The number of carbonyl (C=O) groups is 1. The first-order valence-electron chi connectivity index (χ1n) is 10.1. The van der Waals surface area contributed by atoms with Gasteiger partial charge in [0.05, 0.1) is 24.1 Å². The fourth-order valence-corrected chi connectivity index (χ4v) is 4.65. The molecule has 0 bridgehead atoms. The molecule has 0 radical (unpaired) electrons. The topological polar surface area (TPSA) is 107 Å². The van der Waals surface area contributed by atoms with E-state index < -0.39 is 10.0 Å². The summed E-state index contributed by atoms with van der Waals surface area (Å²) in [6, 6.07) is 3.28. The van der Waals surface area contributed by atoms with Crippen LogP contribution in [-0.2, 0) is 10.0 Å². The van der Waals surface area contributed by atoms with Gasteiger partial charge in [0.15, 0.2) is 0 Å². The molecule has 1 amide bonds. The maximum atomic E-state index is 13.0. The minimum Gasteiger partial charge on any atom is -0.477 e. The van der Waals surface area contributed by atoms with Crippen molar-refractivity contribution < 1.29 is 17.9 Å². The van der Waals surface area contributed by atoms with Crippen LogP contribution in [0.2, 0.25) is 5.02 Å². The number of unbranched alkanes of at least 4 members (excludes halogenated alkanes) is 1. The highest BCUT2D eigenvalue weighted by Gasteiger charge is 2.20. The van der Waals surface area contributed by atoms with Crippen LogP contribution in [0.15, 0.2) is 35.7 Å². The van der Waals surface area contributed by atoms with Gasteiger partial charge in [-0.05, 0) is 47.8 Å². The van der Waals surface area contributed by atoms with Crippen LogP contribution in [0.1, 0.15) is 35.8 Å². The summed E-state index contributed by atoms with van der Waals surface area (Å²) in [5, 5.41) is 4.99. The van der Waals surface area contributed by atoms with Crippen LogP contribution in [0, 0.1) is 0 Å². The van der Waals surface area contributed by atoms with Crippen LogP contribution in [-0.4, -0.2) is 64.3 Å². The summed E-state index contributed by atoms with van der Waals surface area (Å²) in [6.07, 6.45) is 6.98. The van der Waals surface area contributed by atoms with Gasteiger partial charge in [-0.15, -0.1) is 5.10 Å². The van der Waals surface area contributed by atoms with Crippen molar-refractivity contribution in [1.82, 2.24) is 24.1 Å². The number of aromatic nitrogens is 4. The van der Waals surface area contributed by atoms with Gasteiger partial charge in [-0.3, -0.25) is 4.79 Å². The third-order valence-corrected chi connectivity index (χ3v) is 6.52. The first-order chi connectivity index (χ1) is 15.7. The summed E-state index contributed by atoms with van der Waals surface area (Å²) in [5.74, 6) is 0.225. The van der Waals surface area contributed by atoms with E-state index in [0.29, 0.717) is 58.9 Å². The molecule has 176 valence electrons. The van der Waals surface area contributed by atoms with Gasteiger partial charge in [0.2, 0.25) is 5.88 Å². The first kappa shape index (κ1) is 25.1. The first-order valence-corrected chi connectivity index (χ1v) is 13.1. The van der Waals surface area contributed by atoms with Gasteiger partial charge in [0.1, 0.15) is 15.8 Å². The molecule has 9 nitrogen and oxygen atoms in total. The average Bonchev–Trinajstić information content (AvgIpc) is 3.13. The van der Waals surface area contributed by atoms with E-state index >= 15 is 0 Å². The Labute approximate surface area is 205 Å². The molecule has 0 aliphatic rings. The Bertz CT molecular complexity index is 1300. The van der Waals surface area contributed by atoms with Gasteiger partial charge in [-0.25, -0.2) is 18.4 Å². The SMILES string of the molecule is C=Cc1cc(Cl)cnc1OCCCCN(CC)C(=O)c1cc2c(Br)nn(S(C)(=O)=O)c2cn1. The molecule has 0 aromatic carbocycles. The lowest BCUT2D eigenvalue weighted by molar-refractivity contribution is 0.0753. The Hall–Kier alpha value is -2.50. The standard InChI is InChI=1S/C21H23BrClN5O4S/c1-4-14-10-15(23)12-25-20(14)32-9-7-6-8-27(5-2)21(29)17-11-16-18(13-24-17)28(26-19(16)22)33(3,30)31/h4,10-13H,1,5-9H2,2-3H3. The number of halogens is 2. The van der Waals surface area contributed by atoms with E-state index in [4.69, 9.17) is 16.3 Å². The van der Waals surface area contributed by atoms with Gasteiger partial charge >= 0.3 is 0 Å². The van der Waals surface area contributed by atoms with Crippen LogP contribution in [0.5, 0.6) is 5.88 Å². The molecule has 3 aromatic rings. The summed E-state index contributed by atoms with van der Waals surface area (Å²) in [5.41, 5.74) is 1.24. The minimum atomic E-state index is -3.60. The molecule has 0 saturated heterocycles. The van der Waals surface area contributed by atoms with Crippen LogP contribution in [0.4, 0.5) is 0 Å². The van der Waals surface area contributed by atoms with Crippen LogP contribution in [0.25, 0.3) is 17.0 Å². The number of hydrogen-bond donors (Lipinski definition) is 0. The van der Waals surface area contributed by atoms with Crippen molar-refractivity contribution in [2.45, 2.75) is 19.8 Å². The molecule has 0 N–H and O–H groups in total. The molecule has 0 atom stereocenters. The Morgan fingerprint density at radius 1 is 1.30 bits per heavy atom. The summed E-state index contributed by atoms with van der Waals surface area (Å²) in [7, 11) is -3.60. The van der Waals surface area contributed by atoms with E-state index in [1.54, 1.807) is 23.1 Å². The summed E-state index contributed by atoms with van der Waals surface area (Å²) < 4.78 is 30.7. The molecule has 0 spiro atoms. The van der Waals surface area contributed by atoms with Crippen LogP contribution in [0.3, 0.4) is 0 Å². The highest BCUT2D eigenvalue weighted by atomic mass is 79.9. The lowest BCUT2D eigenvalue weighted by Gasteiger charge is -2.20. The summed E-state index contributed by atoms with van der Waals surface area (Å²) in [6.45, 7) is 7.07. The van der Waals surface area contributed by atoms with Gasteiger partial charge in [0.25, 0.3) is 15.9 Å². The molecular formula is C21H23BrClN5O4S. The Balaban J connectivity index is 1.61. The molecule has 33 heavy (non-hydrogen) atoms. The second kappa shape index (κ2) is 10.6. The molecule has 3 heterocycles. The van der Waals surface area contributed by atoms with Crippen molar-refractivity contribution in [3.63, 3.8) is 0 Å². The van der Waals surface area contributed by atoms with E-state index in [0.717, 1.165) is 15.9 Å². The minimum absolute atomic E-state index is 0.218. The summed E-state index contributed by atoms with van der Waals surface area (Å²) in [4.78, 5) is 23.0. The van der Waals surface area contributed by atoms with E-state index in [1.807, 2.05) is 6.92 Å². The van der Waals surface area contributed by atoms with Crippen molar-refractivity contribution in [1.29, 1.82) is 0 Å². The number of pyridine rings is 2. The van der Waals surface area contributed by atoms with E-state index in [1.165, 1.54) is 12.4 Å². The number of nitrogens with zero attached hydrogens (tertiary/aromatic N) is 5. The van der Waals surface area contributed by atoms with Crippen molar-refractivity contribution >= 4 is 60.4 Å². The zero-order valence-corrected chi connectivity index (χ0v) is 21.3. The van der Waals surface area contributed by atoms with E-state index in [2.05, 4.69) is 37.6 Å². The fourth-order valence-electron chi connectivity index (χ4n) is 3.17. The second-order valence-corrected chi connectivity index (χ2v) is 10.2. The molecule has 12 heteroatoms. The lowest BCUT2D eigenvalue weighted by atomic mass is 10.2. The third kappa shape index (κ3) is 5.90. The van der Waals surface area contributed by atoms with Crippen LogP contribution < -0.4 is 4.74 Å². The van der Waals surface area contributed by atoms with Crippen LogP contribution >= 0.6 is 27.5 Å². The average molecular weight is 557 g/mol. The van der Waals surface area contributed by atoms with Crippen molar-refractivity contribution in [3.05, 3.63) is 52.0 Å². The molecule has 3 rings (SSSR count). The quantitative estimate of drug-likeness (QED) is 0.347. The number of fused-ring (bicyclic) bond motifs is 1. The zero-order valence-electron chi connectivity index (χ0n) is 18.2. The Morgan fingerprint density at radius 3 is 2.73 bits per heavy atom. The van der Waals surface area contributed by atoms with Crippen molar-refractivity contribution in [2.75, 3.05) is 26.0 Å². The number of amides is 1. The molecule has 0 aliphatic heterocycles. The van der Waals surface area contributed by atoms with E-state index in [9.17, 15) is 13.2 Å². The molecule has 0 fully saturated rings. The second-order valence-electron chi connectivity index (χ2n) is 7.18. The smallest absolute Gasteiger partial charge is 0.272 e. The van der Waals surface area contributed by atoms with E-state index in [-0.39, 0.29) is 11.6 Å². The monoisotopic (exact) mass is 555 g/mol. The molecule has 0 aliphatic carbocycles. The Morgan fingerprint density at radius 2 is 2.06 bits per heavy atom. The summed E-state index contributed by atoms with van der Waals surface area (Å²) >= 11 is 9.19. The third-order valence-electron chi connectivity index (χ3n) is 4.82. The van der Waals surface area contributed by atoms with Gasteiger partial charge in [0, 0.05) is 30.2 Å². The largest absolute Gasteiger partial charge is 0.477 e. The number of carbonyl (C=O) groups excluding carboxylic acids is 1. The van der Waals surface area contributed by atoms with Gasteiger partial charge < -0.3 is 9.64 Å². The highest BCUT2D eigenvalue weighted by molar-refractivity contribution is 9.10. The fraction of sp³-hybridized carbons (Fsp3) is 0.333. The number of hydrogen-bond acceptors (Lipinski definition) is 7. The van der Waals surface area contributed by atoms with Crippen molar-refractivity contribution in [3.8, 4) is 5.88 Å². The lowest BCUT2D eigenvalue weighted by Crippen LogP contribution is -2.32. The Kier molecular flexibility index (Phi) is 8.09. The predicted octanol–water partition coefficient (Wildman–Crippen LogP) is 4.01. The van der Waals surface area contributed by atoms with Gasteiger partial charge in [-0.1, -0.05) is 24.3 Å². The number of rotatable bonds is 10. The van der Waals surface area contributed by atoms with Gasteiger partial charge in [-0.2, -0.15) is 4.09 Å². The highest BCUT2D eigenvalue weighted by Crippen LogP contribution is 2.25. The predicted molar refractivity (Wildman–Crippen MR) is 131 cm³/mol. The number of ether oxygens (including phenoxy) is 1. The molecular weight excluding hydrogens is 534 g/mol. The molecule has 0 unspecified atom stereocenters. The molecule has 3 aromatic heterocycles. The zero-order chi connectivity index (χ0) is 24.2.